The summed E-state index contributed by atoms with van der Waals surface area (Å²) in [5.74, 6) is -1.13. The molecule has 0 unspecified atom stereocenters. The van der Waals surface area contributed by atoms with Gasteiger partial charge in [0.1, 0.15) is 11.2 Å². The Bertz CT molecular complexity index is 4020. The maximum absolute atomic E-state index is 9.45. The van der Waals surface area contributed by atoms with E-state index in [4.69, 9.17) is 32.2 Å². The molecule has 0 spiro atoms. The van der Waals surface area contributed by atoms with Crippen LogP contribution in [-0.2, 0) is 0 Å². The number of rotatable bonds is 6. The number of benzene rings is 8. The molecular formula is C51H31N3OS. The van der Waals surface area contributed by atoms with Gasteiger partial charge in [0.15, 0.2) is 17.5 Å². The number of para-hydroxylation sites is 1. The van der Waals surface area contributed by atoms with E-state index in [1.807, 2.05) is 54.6 Å². The summed E-state index contributed by atoms with van der Waals surface area (Å²) < 4.78 is 130. The van der Waals surface area contributed by atoms with Gasteiger partial charge in [0.25, 0.3) is 0 Å². The molecule has 0 saturated carbocycles. The van der Waals surface area contributed by atoms with Gasteiger partial charge in [0.2, 0.25) is 0 Å². The van der Waals surface area contributed by atoms with Crippen molar-refractivity contribution in [3.63, 3.8) is 0 Å². The van der Waals surface area contributed by atoms with Crippen molar-refractivity contribution in [1.29, 1.82) is 0 Å². The van der Waals surface area contributed by atoms with Crippen LogP contribution in [0.5, 0.6) is 0 Å². The summed E-state index contributed by atoms with van der Waals surface area (Å²) >= 11 is 1.69. The van der Waals surface area contributed by atoms with Gasteiger partial charge >= 0.3 is 0 Å². The van der Waals surface area contributed by atoms with E-state index in [9.17, 15) is 1.37 Å². The summed E-state index contributed by atoms with van der Waals surface area (Å²) in [7, 11) is 0. The van der Waals surface area contributed by atoms with Crippen molar-refractivity contribution in [1.82, 2.24) is 15.0 Å². The van der Waals surface area contributed by atoms with Gasteiger partial charge in [0.05, 0.1) is 24.8 Å². The zero-order chi connectivity index (χ0) is 49.2. The summed E-state index contributed by atoms with van der Waals surface area (Å²) in [5.41, 5.74) is 2.99. The molecular weight excluding hydrogens is 703 g/mol. The largest absolute Gasteiger partial charge is 0.455 e. The molecule has 0 aliphatic heterocycles. The van der Waals surface area contributed by atoms with Crippen molar-refractivity contribution in [3.8, 4) is 67.5 Å². The predicted molar refractivity (Wildman–Crippen MR) is 233 cm³/mol. The zero-order valence-electron chi connectivity index (χ0n) is 43.0. The first kappa shape index (κ1) is 21.0. The lowest BCUT2D eigenvalue weighted by Crippen LogP contribution is -2.00. The van der Waals surface area contributed by atoms with Gasteiger partial charge in [0, 0.05) is 47.6 Å². The third-order valence-electron chi connectivity index (χ3n) is 9.62. The summed E-state index contributed by atoms with van der Waals surface area (Å²) in [6, 6.07) is 23.7. The quantitative estimate of drug-likeness (QED) is 0.170. The van der Waals surface area contributed by atoms with Crippen LogP contribution in [0.2, 0.25) is 0 Å². The van der Waals surface area contributed by atoms with E-state index in [2.05, 4.69) is 41.4 Å². The van der Waals surface area contributed by atoms with Crippen LogP contribution in [0.15, 0.2) is 192 Å². The van der Waals surface area contributed by atoms with E-state index in [0.29, 0.717) is 16.6 Å². The average Bonchev–Trinajstić information content (AvgIpc) is 3.96. The Morgan fingerprint density at radius 1 is 0.429 bits per heavy atom. The van der Waals surface area contributed by atoms with Crippen molar-refractivity contribution < 1.29 is 23.6 Å². The molecule has 0 fully saturated rings. The molecule has 3 heterocycles. The maximum Gasteiger partial charge on any atom is 0.167 e. The molecule has 0 radical (unpaired) electrons. The monoisotopic (exact) mass is 747 g/mol. The highest BCUT2D eigenvalue weighted by atomic mass is 32.1. The number of nitrogens with zero attached hydrogens (tertiary/aromatic N) is 3. The van der Waals surface area contributed by atoms with Crippen LogP contribution in [0.4, 0.5) is 0 Å². The van der Waals surface area contributed by atoms with Crippen molar-refractivity contribution >= 4 is 53.4 Å². The highest BCUT2D eigenvalue weighted by Gasteiger charge is 2.22. The second kappa shape index (κ2) is 13.3. The number of thiophene rings is 1. The Morgan fingerprint density at radius 2 is 1.07 bits per heavy atom. The van der Waals surface area contributed by atoms with Gasteiger partial charge < -0.3 is 4.42 Å². The number of hydrogen-bond acceptors (Lipinski definition) is 5. The molecule has 3 aromatic heterocycles. The van der Waals surface area contributed by atoms with Gasteiger partial charge in [-0.2, -0.15) is 0 Å². The number of aromatic nitrogens is 3. The van der Waals surface area contributed by atoms with Crippen LogP contribution in [0.25, 0.3) is 110 Å². The molecule has 0 atom stereocenters. The Labute approximate surface area is 346 Å². The summed E-state index contributed by atoms with van der Waals surface area (Å²) in [4.78, 5) is 13.9. The second-order valence-corrected chi connectivity index (χ2v) is 13.9. The predicted octanol–water partition coefficient (Wildman–Crippen LogP) is 14.1. The first-order chi connectivity index (χ1) is 33.6. The lowest BCUT2D eigenvalue weighted by Gasteiger charge is -2.11. The molecule has 8 aromatic carbocycles. The lowest BCUT2D eigenvalue weighted by molar-refractivity contribution is 0.669. The van der Waals surface area contributed by atoms with Crippen LogP contribution in [0, 0.1) is 0 Å². The third-order valence-corrected chi connectivity index (χ3v) is 10.8. The van der Waals surface area contributed by atoms with E-state index in [1.165, 1.54) is 0 Å². The van der Waals surface area contributed by atoms with Crippen LogP contribution in [0.1, 0.15) is 19.2 Å². The maximum atomic E-state index is 9.45. The minimum absolute atomic E-state index is 0.179. The topological polar surface area (TPSA) is 51.8 Å². The molecule has 56 heavy (non-hydrogen) atoms. The van der Waals surface area contributed by atoms with Crippen molar-refractivity contribution in [2.45, 2.75) is 0 Å². The van der Waals surface area contributed by atoms with E-state index < -0.39 is 118 Å². The summed E-state index contributed by atoms with van der Waals surface area (Å²) in [6.45, 7) is 0. The minimum Gasteiger partial charge on any atom is -0.455 e. The van der Waals surface area contributed by atoms with Crippen molar-refractivity contribution in [2.75, 3.05) is 0 Å². The SMILES string of the molecule is [2H]c1c([2H])c([2H])c(-c2nc(-c3c([2H])c([2H])c([2H])c(-c4c([2H])c([2H])c([2H])c([2H])c4[2H])c3[2H])nc(-c3cccc4c3oc3cccc(-c5ccc(-c6ccccc6)c6c5sc5ccccc56)c34)n2)c([2H])c1[2H]. The molecule has 5 heteroatoms. The van der Waals surface area contributed by atoms with E-state index in [0.717, 1.165) is 47.8 Å². The average molecular weight is 748 g/mol. The first-order valence-corrected chi connectivity index (χ1v) is 18.4. The number of fused-ring (bicyclic) bond motifs is 6. The van der Waals surface area contributed by atoms with Crippen molar-refractivity contribution in [3.05, 3.63) is 188 Å². The van der Waals surface area contributed by atoms with Crippen LogP contribution in [-0.4, -0.2) is 15.0 Å². The lowest BCUT2D eigenvalue weighted by atomic mass is 9.93. The summed E-state index contributed by atoms with van der Waals surface area (Å²) in [5, 5.41) is 3.64. The fourth-order valence-corrected chi connectivity index (χ4v) is 8.44. The molecule has 11 rings (SSSR count). The molecule has 4 nitrogen and oxygen atoms in total. The minimum atomic E-state index is -0.782. The van der Waals surface area contributed by atoms with Gasteiger partial charge in [-0.1, -0.05) is 163 Å². The molecule has 11 aromatic rings. The number of hydrogen-bond donors (Lipinski definition) is 0. The highest BCUT2D eigenvalue weighted by molar-refractivity contribution is 7.26. The fraction of sp³-hybridized carbons (Fsp3) is 0. The van der Waals surface area contributed by atoms with Crippen LogP contribution >= 0.6 is 11.3 Å². The Morgan fingerprint density at radius 3 is 1.91 bits per heavy atom. The van der Waals surface area contributed by atoms with Gasteiger partial charge in [-0.15, -0.1) is 11.3 Å². The Balaban J connectivity index is 1.19. The normalized spacial score (nSPS) is 15.1. The van der Waals surface area contributed by atoms with Gasteiger partial charge in [-0.05, 0) is 52.1 Å². The van der Waals surface area contributed by atoms with Crippen LogP contribution < -0.4 is 0 Å². The Hall–Kier alpha value is -7.21. The van der Waals surface area contributed by atoms with Gasteiger partial charge in [-0.25, -0.2) is 15.0 Å². The molecule has 0 bridgehead atoms. The molecule has 262 valence electrons. The van der Waals surface area contributed by atoms with E-state index >= 15 is 0 Å². The van der Waals surface area contributed by atoms with Crippen molar-refractivity contribution in [2.24, 2.45) is 0 Å². The summed E-state index contributed by atoms with van der Waals surface area (Å²) in [6.07, 6.45) is 0. The standard InChI is InChI=1S/C51H31N3OS/c1-4-15-32(16-5-1)35-21-12-22-36(31-35)50-52-49(34-19-8-3-9-20-34)53-51(54-50)42-26-13-25-41-45-38(24-14-27-43(45)55-47(41)42)39-30-29-37(33-17-6-2-7-18-33)46-40-23-10-11-28-44(40)56-48(39)46/h1-31H/i1D,3D,4D,5D,8D,9D,12D,15D,16D,19D,20D,21D,22D,31D. The molecule has 0 aliphatic rings. The Kier molecular flexibility index (Phi) is 4.98. The first-order valence-electron chi connectivity index (χ1n) is 24.5. The molecule has 0 N–H and O–H groups in total. The molecule has 0 saturated heterocycles. The highest BCUT2D eigenvalue weighted by Crippen LogP contribution is 2.48. The van der Waals surface area contributed by atoms with Crippen LogP contribution in [0.3, 0.4) is 0 Å². The fourth-order valence-electron chi connectivity index (χ4n) is 7.18. The van der Waals surface area contributed by atoms with E-state index in [-0.39, 0.29) is 11.4 Å². The number of furan rings is 1. The van der Waals surface area contributed by atoms with E-state index in [1.54, 1.807) is 23.5 Å². The van der Waals surface area contributed by atoms with Gasteiger partial charge in [-0.3, -0.25) is 0 Å². The zero-order valence-corrected chi connectivity index (χ0v) is 29.8. The smallest absolute Gasteiger partial charge is 0.167 e. The third kappa shape index (κ3) is 5.40. The second-order valence-electron chi connectivity index (χ2n) is 12.8. The molecule has 0 amide bonds. The molecule has 0 aliphatic carbocycles.